The molecule has 0 spiro atoms. The lowest BCUT2D eigenvalue weighted by molar-refractivity contribution is 0.208. The second-order valence-corrected chi connectivity index (χ2v) is 8.64. The molecule has 10 nitrogen and oxygen atoms in total. The smallest absolute Gasteiger partial charge is 0.322 e. The van der Waals surface area contributed by atoms with Gasteiger partial charge in [-0.3, -0.25) is 0 Å². The number of para-hydroxylation sites is 1. The predicted octanol–water partition coefficient (Wildman–Crippen LogP) is 3.80. The van der Waals surface area contributed by atoms with Gasteiger partial charge in [-0.2, -0.15) is 10.2 Å². The molecule has 4 aromatic rings. The van der Waals surface area contributed by atoms with Crippen molar-refractivity contribution >= 4 is 28.4 Å². The van der Waals surface area contributed by atoms with Crippen LogP contribution in [0.3, 0.4) is 0 Å². The largest absolute Gasteiger partial charge is 0.497 e. The number of hydrogen-bond donors (Lipinski definition) is 1. The van der Waals surface area contributed by atoms with Crippen LogP contribution in [0.15, 0.2) is 48.5 Å². The predicted molar refractivity (Wildman–Crippen MR) is 138 cm³/mol. The Balaban J connectivity index is 1.35. The van der Waals surface area contributed by atoms with Crippen molar-refractivity contribution in [3.8, 4) is 17.2 Å². The summed E-state index contributed by atoms with van der Waals surface area (Å²) >= 11 is 0. The second kappa shape index (κ2) is 9.73. The maximum absolute atomic E-state index is 13.0. The molecule has 0 bridgehead atoms. The number of aromatic nitrogens is 4. The lowest BCUT2D eigenvalue weighted by Gasteiger charge is -2.35. The van der Waals surface area contributed by atoms with E-state index in [1.165, 1.54) is 0 Å². The summed E-state index contributed by atoms with van der Waals surface area (Å²) in [6.45, 7) is 6.31. The molecule has 2 aromatic carbocycles. The molecule has 0 saturated carbocycles. The number of nitrogens with zero attached hydrogens (tertiary/aromatic N) is 6. The van der Waals surface area contributed by atoms with E-state index in [4.69, 9.17) is 14.6 Å². The van der Waals surface area contributed by atoms with Crippen molar-refractivity contribution in [3.05, 3.63) is 59.9 Å². The summed E-state index contributed by atoms with van der Waals surface area (Å²) in [5, 5.41) is 17.8. The first-order valence-electron chi connectivity index (χ1n) is 11.8. The number of carbonyl (C=O) groups excluding carboxylic acids is 1. The van der Waals surface area contributed by atoms with E-state index in [9.17, 15) is 4.79 Å². The number of anilines is 2. The van der Waals surface area contributed by atoms with E-state index in [0.29, 0.717) is 43.4 Å². The van der Waals surface area contributed by atoms with Crippen molar-refractivity contribution in [2.24, 2.45) is 0 Å². The van der Waals surface area contributed by atoms with Crippen LogP contribution in [0, 0.1) is 13.8 Å². The number of methoxy groups -OCH3 is 2. The highest BCUT2D eigenvalue weighted by Crippen LogP contribution is 2.31. The van der Waals surface area contributed by atoms with Gasteiger partial charge in [-0.05, 0) is 38.1 Å². The number of hydrogen-bond acceptors (Lipinski definition) is 7. The number of urea groups is 1. The number of nitrogens with one attached hydrogen (secondary N) is 1. The van der Waals surface area contributed by atoms with Crippen molar-refractivity contribution < 1.29 is 14.3 Å². The van der Waals surface area contributed by atoms with Crippen LogP contribution in [-0.2, 0) is 0 Å². The Hall–Kier alpha value is -4.34. The van der Waals surface area contributed by atoms with Crippen LogP contribution < -0.4 is 19.7 Å². The van der Waals surface area contributed by atoms with Crippen LogP contribution in [0.1, 0.15) is 11.4 Å². The van der Waals surface area contributed by atoms with Crippen molar-refractivity contribution in [2.45, 2.75) is 13.8 Å². The van der Waals surface area contributed by atoms with Gasteiger partial charge < -0.3 is 24.6 Å². The van der Waals surface area contributed by atoms with Crippen LogP contribution in [0.5, 0.6) is 11.5 Å². The van der Waals surface area contributed by atoms with E-state index in [1.54, 1.807) is 37.3 Å². The third-order valence-electron chi connectivity index (χ3n) is 6.50. The van der Waals surface area contributed by atoms with E-state index in [2.05, 4.69) is 27.3 Å². The van der Waals surface area contributed by atoms with Crippen molar-refractivity contribution in [3.63, 3.8) is 0 Å². The average molecular weight is 488 g/mol. The highest BCUT2D eigenvalue weighted by Gasteiger charge is 2.26. The maximum Gasteiger partial charge on any atom is 0.322 e. The van der Waals surface area contributed by atoms with Gasteiger partial charge in [-0.15, -0.1) is 5.10 Å². The number of carbonyl (C=O) groups is 1. The molecule has 0 radical (unpaired) electrons. The zero-order valence-electron chi connectivity index (χ0n) is 20.9. The number of amides is 2. The van der Waals surface area contributed by atoms with Crippen LogP contribution in [0.2, 0.25) is 0 Å². The quantitative estimate of drug-likeness (QED) is 0.457. The summed E-state index contributed by atoms with van der Waals surface area (Å²) in [4.78, 5) is 16.9. The Labute approximate surface area is 209 Å². The van der Waals surface area contributed by atoms with E-state index in [0.717, 1.165) is 33.8 Å². The maximum atomic E-state index is 13.0. The van der Waals surface area contributed by atoms with Crippen molar-refractivity contribution in [1.82, 2.24) is 24.9 Å². The third-order valence-corrected chi connectivity index (χ3v) is 6.50. The fraction of sp³-hybridized carbons (Fsp3) is 0.308. The molecule has 2 aromatic heterocycles. The number of aryl methyl sites for hydroxylation is 2. The molecule has 186 valence electrons. The topological polar surface area (TPSA) is 97.6 Å². The van der Waals surface area contributed by atoms with Gasteiger partial charge in [0, 0.05) is 32.2 Å². The van der Waals surface area contributed by atoms with Crippen LogP contribution in [0.4, 0.5) is 16.3 Å². The van der Waals surface area contributed by atoms with Gasteiger partial charge in [0.05, 0.1) is 42.4 Å². The third kappa shape index (κ3) is 4.26. The highest BCUT2D eigenvalue weighted by molar-refractivity contribution is 5.93. The SMILES string of the molecule is COc1ccc(OC)c(NC(=O)N2CCN(c3nnc(C)c4c(C)n(-c5ccccc5)nc34)CC2)c1. The van der Waals surface area contributed by atoms with E-state index in [-0.39, 0.29) is 6.03 Å². The van der Waals surface area contributed by atoms with E-state index in [1.807, 2.05) is 41.9 Å². The number of benzene rings is 2. The molecule has 1 saturated heterocycles. The van der Waals surface area contributed by atoms with E-state index < -0.39 is 0 Å². The van der Waals surface area contributed by atoms with Gasteiger partial charge >= 0.3 is 6.03 Å². The molecule has 0 unspecified atom stereocenters. The normalized spacial score (nSPS) is 13.7. The van der Waals surface area contributed by atoms with Gasteiger partial charge in [0.1, 0.15) is 17.0 Å². The first-order valence-corrected chi connectivity index (χ1v) is 11.8. The fourth-order valence-electron chi connectivity index (χ4n) is 4.57. The first kappa shape index (κ1) is 23.4. The molecule has 1 aliphatic rings. The number of rotatable bonds is 5. The molecule has 5 rings (SSSR count). The molecule has 2 amide bonds. The summed E-state index contributed by atoms with van der Waals surface area (Å²) in [5.74, 6) is 1.95. The molecule has 1 N–H and O–H groups in total. The van der Waals surface area contributed by atoms with Gasteiger partial charge in [0.2, 0.25) is 0 Å². The molecule has 0 atom stereocenters. The molecule has 0 aliphatic carbocycles. The molecule has 1 aliphatic heterocycles. The summed E-state index contributed by atoms with van der Waals surface area (Å²) in [6.07, 6.45) is 0. The molecular formula is C26H29N7O3. The lowest BCUT2D eigenvalue weighted by Crippen LogP contribution is -2.50. The fourth-order valence-corrected chi connectivity index (χ4v) is 4.57. The van der Waals surface area contributed by atoms with Crippen molar-refractivity contribution in [2.75, 3.05) is 50.6 Å². The van der Waals surface area contributed by atoms with Gasteiger partial charge in [-0.25, -0.2) is 9.48 Å². The Morgan fingerprint density at radius 1 is 0.944 bits per heavy atom. The summed E-state index contributed by atoms with van der Waals surface area (Å²) < 4.78 is 12.6. The zero-order valence-corrected chi connectivity index (χ0v) is 20.9. The minimum atomic E-state index is -0.189. The summed E-state index contributed by atoms with van der Waals surface area (Å²) in [5.41, 5.74) is 4.25. The zero-order chi connectivity index (χ0) is 25.2. The molecule has 36 heavy (non-hydrogen) atoms. The number of piperazine rings is 1. The lowest BCUT2D eigenvalue weighted by atomic mass is 10.2. The molecule has 10 heteroatoms. The Kier molecular flexibility index (Phi) is 6.32. The second-order valence-electron chi connectivity index (χ2n) is 8.64. The van der Waals surface area contributed by atoms with Gasteiger partial charge in [0.15, 0.2) is 5.82 Å². The minimum absolute atomic E-state index is 0.189. The van der Waals surface area contributed by atoms with Crippen LogP contribution >= 0.6 is 0 Å². The summed E-state index contributed by atoms with van der Waals surface area (Å²) in [7, 11) is 3.16. The van der Waals surface area contributed by atoms with Gasteiger partial charge in [-0.1, -0.05) is 18.2 Å². The number of fused-ring (bicyclic) bond motifs is 1. The minimum Gasteiger partial charge on any atom is -0.497 e. The Morgan fingerprint density at radius 3 is 2.39 bits per heavy atom. The van der Waals surface area contributed by atoms with Crippen molar-refractivity contribution in [1.29, 1.82) is 0 Å². The van der Waals surface area contributed by atoms with E-state index >= 15 is 0 Å². The monoisotopic (exact) mass is 487 g/mol. The van der Waals surface area contributed by atoms with Gasteiger partial charge in [0.25, 0.3) is 0 Å². The standard InChI is InChI=1S/C26H29N7O3/c1-17-23-18(2)33(19-8-6-5-7-9-19)30-24(23)25(29-28-17)31-12-14-32(15-13-31)26(34)27-21-16-20(35-3)10-11-22(21)36-4/h5-11,16H,12-15H2,1-4H3,(H,27,34). The first-order chi connectivity index (χ1) is 17.5. The number of ether oxygens (including phenoxy) is 2. The Morgan fingerprint density at radius 2 is 1.69 bits per heavy atom. The molecule has 1 fully saturated rings. The highest BCUT2D eigenvalue weighted by atomic mass is 16.5. The molecular weight excluding hydrogens is 458 g/mol. The molecule has 3 heterocycles. The average Bonchev–Trinajstić information content (AvgIpc) is 3.27. The summed E-state index contributed by atoms with van der Waals surface area (Å²) in [6, 6.07) is 15.2. The Bertz CT molecular complexity index is 1400. The van der Waals surface area contributed by atoms with Crippen LogP contribution in [0.25, 0.3) is 16.6 Å². The van der Waals surface area contributed by atoms with Crippen LogP contribution in [-0.4, -0.2) is 71.3 Å².